The lowest BCUT2D eigenvalue weighted by molar-refractivity contribution is -0.142. The van der Waals surface area contributed by atoms with Gasteiger partial charge in [-0.15, -0.1) is 0 Å². The maximum Gasteiger partial charge on any atom is 0.326 e. The lowest BCUT2D eigenvalue weighted by atomic mass is 9.87. The van der Waals surface area contributed by atoms with E-state index < -0.39 is 12.0 Å². The molecule has 1 heterocycles. The average molecular weight is 491 g/mol. The van der Waals surface area contributed by atoms with E-state index in [1.807, 2.05) is 7.05 Å². The first-order valence-corrected chi connectivity index (χ1v) is 13.4. The fourth-order valence-electron chi connectivity index (χ4n) is 4.84. The third-order valence-electron chi connectivity index (χ3n) is 6.99. The fourth-order valence-corrected chi connectivity index (χ4v) is 4.84. The van der Waals surface area contributed by atoms with E-state index in [0.29, 0.717) is 31.9 Å². The minimum absolute atomic E-state index is 0.129. The van der Waals surface area contributed by atoms with E-state index in [4.69, 9.17) is 9.72 Å². The lowest BCUT2D eigenvalue weighted by Gasteiger charge is -2.25. The number of anilines is 1. The number of amides is 1. The van der Waals surface area contributed by atoms with Crippen LogP contribution >= 0.6 is 0 Å². The highest BCUT2D eigenvalue weighted by molar-refractivity contribution is 5.83. The van der Waals surface area contributed by atoms with E-state index in [9.17, 15) is 14.7 Å². The molecule has 0 bridgehead atoms. The number of nitrogens with one attached hydrogen (secondary N) is 2. The zero-order valence-corrected chi connectivity index (χ0v) is 22.0. The van der Waals surface area contributed by atoms with E-state index in [-0.39, 0.29) is 5.91 Å². The molecule has 0 saturated heterocycles. The number of rotatable bonds is 17. The fraction of sp³-hybridized carbons (Fsp3) is 0.741. The van der Waals surface area contributed by atoms with Crippen molar-refractivity contribution in [2.45, 2.75) is 83.6 Å². The third kappa shape index (κ3) is 10.9. The first-order valence-electron chi connectivity index (χ1n) is 13.4. The van der Waals surface area contributed by atoms with Crippen molar-refractivity contribution in [3.63, 3.8) is 0 Å². The number of aromatic nitrogens is 1. The Morgan fingerprint density at radius 3 is 2.60 bits per heavy atom. The number of hydrogen-bond donors (Lipinski definition) is 3. The van der Waals surface area contributed by atoms with Crippen LogP contribution in [0.15, 0.2) is 12.1 Å². The Morgan fingerprint density at radius 2 is 1.94 bits per heavy atom. The summed E-state index contributed by atoms with van der Waals surface area (Å²) in [6, 6.07) is 3.40. The van der Waals surface area contributed by atoms with Crippen LogP contribution in [0.1, 0.15) is 76.0 Å². The number of carboxylic acids is 1. The molecule has 0 spiro atoms. The Kier molecular flexibility index (Phi) is 13.7. The highest BCUT2D eigenvalue weighted by atomic mass is 16.5. The van der Waals surface area contributed by atoms with E-state index in [0.717, 1.165) is 63.1 Å². The van der Waals surface area contributed by atoms with E-state index >= 15 is 0 Å². The number of pyridine rings is 1. The van der Waals surface area contributed by atoms with Crippen molar-refractivity contribution in [2.75, 3.05) is 45.7 Å². The SMILES string of the molecule is CCc1ccc(CCCCN(CCOC)CCC(NC(=O)CC2CCCCC2)C(=O)O)nc1NC. The zero-order valence-electron chi connectivity index (χ0n) is 22.0. The van der Waals surface area contributed by atoms with Gasteiger partial charge in [0, 0.05) is 39.4 Å². The quantitative estimate of drug-likeness (QED) is 0.285. The number of methoxy groups -OCH3 is 1. The van der Waals surface area contributed by atoms with Crippen LogP contribution in [0.5, 0.6) is 0 Å². The smallest absolute Gasteiger partial charge is 0.326 e. The van der Waals surface area contributed by atoms with Gasteiger partial charge < -0.3 is 25.4 Å². The Labute approximate surface area is 211 Å². The maximum atomic E-state index is 12.5. The molecular formula is C27H46N4O4. The highest BCUT2D eigenvalue weighted by Crippen LogP contribution is 2.26. The van der Waals surface area contributed by atoms with Gasteiger partial charge in [-0.2, -0.15) is 0 Å². The van der Waals surface area contributed by atoms with Gasteiger partial charge in [-0.3, -0.25) is 4.79 Å². The molecule has 1 aliphatic rings. The molecule has 1 aliphatic carbocycles. The number of carboxylic acid groups (broad SMARTS) is 1. The van der Waals surface area contributed by atoms with Gasteiger partial charge in [0.2, 0.25) is 5.91 Å². The van der Waals surface area contributed by atoms with E-state index in [1.54, 1.807) is 7.11 Å². The molecule has 1 saturated carbocycles. The van der Waals surface area contributed by atoms with Gasteiger partial charge >= 0.3 is 5.97 Å². The molecule has 0 radical (unpaired) electrons. The number of carbonyl (C=O) groups is 2. The predicted octanol–water partition coefficient (Wildman–Crippen LogP) is 3.89. The molecule has 1 fully saturated rings. The monoisotopic (exact) mass is 490 g/mol. The first kappa shape index (κ1) is 29.0. The average Bonchev–Trinajstić information content (AvgIpc) is 2.87. The van der Waals surface area contributed by atoms with Gasteiger partial charge in [-0.1, -0.05) is 32.3 Å². The van der Waals surface area contributed by atoms with Crippen LogP contribution in [0.25, 0.3) is 0 Å². The molecule has 8 nitrogen and oxygen atoms in total. The highest BCUT2D eigenvalue weighted by Gasteiger charge is 2.23. The molecule has 1 unspecified atom stereocenters. The predicted molar refractivity (Wildman–Crippen MR) is 140 cm³/mol. The summed E-state index contributed by atoms with van der Waals surface area (Å²) < 4.78 is 5.25. The van der Waals surface area contributed by atoms with E-state index in [1.165, 1.54) is 24.8 Å². The molecule has 0 aromatic carbocycles. The summed E-state index contributed by atoms with van der Waals surface area (Å²) in [7, 11) is 3.58. The second-order valence-electron chi connectivity index (χ2n) is 9.66. The van der Waals surface area contributed by atoms with Crippen LogP contribution in [-0.4, -0.2) is 73.3 Å². The largest absolute Gasteiger partial charge is 0.480 e. The number of aliphatic carboxylic acids is 1. The van der Waals surface area contributed by atoms with Crippen LogP contribution in [0.3, 0.4) is 0 Å². The van der Waals surface area contributed by atoms with Gasteiger partial charge in [0.25, 0.3) is 0 Å². The molecule has 1 aromatic rings. The summed E-state index contributed by atoms with van der Waals surface area (Å²) in [5, 5.41) is 15.6. The van der Waals surface area contributed by atoms with Gasteiger partial charge in [0.1, 0.15) is 11.9 Å². The molecule has 1 aromatic heterocycles. The van der Waals surface area contributed by atoms with Crippen molar-refractivity contribution in [2.24, 2.45) is 5.92 Å². The van der Waals surface area contributed by atoms with Crippen LogP contribution in [0, 0.1) is 5.92 Å². The number of unbranched alkanes of at least 4 members (excludes halogenated alkanes) is 1. The minimum atomic E-state index is -0.962. The van der Waals surface area contributed by atoms with Crippen molar-refractivity contribution in [1.82, 2.24) is 15.2 Å². The Hall–Kier alpha value is -2.19. The van der Waals surface area contributed by atoms with Crippen LogP contribution in [0.4, 0.5) is 5.82 Å². The van der Waals surface area contributed by atoms with Gasteiger partial charge in [0.05, 0.1) is 6.61 Å². The number of carbonyl (C=O) groups excluding carboxylic acids is 1. The molecule has 8 heteroatoms. The summed E-state index contributed by atoms with van der Waals surface area (Å²) in [6.45, 7) is 4.93. The Bertz CT molecular complexity index is 768. The Morgan fingerprint density at radius 1 is 1.17 bits per heavy atom. The topological polar surface area (TPSA) is 104 Å². The standard InChI is InChI=1S/C27H46N4O4/c1-4-22-13-14-23(29-26(22)28-2)12-8-9-16-31(18-19-35-3)17-15-24(27(33)34)30-25(32)20-21-10-6-5-7-11-21/h13-14,21,24H,4-12,15-20H2,1-3H3,(H,28,29)(H,30,32)(H,33,34). The molecular weight excluding hydrogens is 444 g/mol. The van der Waals surface area contributed by atoms with Crippen molar-refractivity contribution in [1.29, 1.82) is 0 Å². The van der Waals surface area contributed by atoms with Gasteiger partial charge in [-0.05, 0) is 69.0 Å². The summed E-state index contributed by atoms with van der Waals surface area (Å²) in [5.74, 6) is 0.260. The van der Waals surface area contributed by atoms with Gasteiger partial charge in [0.15, 0.2) is 0 Å². The minimum Gasteiger partial charge on any atom is -0.480 e. The number of hydrogen-bond acceptors (Lipinski definition) is 6. The lowest BCUT2D eigenvalue weighted by Crippen LogP contribution is -2.44. The summed E-state index contributed by atoms with van der Waals surface area (Å²) in [4.78, 5) is 31.2. The summed E-state index contributed by atoms with van der Waals surface area (Å²) in [6.07, 6.45) is 10.4. The van der Waals surface area contributed by atoms with Crippen molar-refractivity contribution in [3.05, 3.63) is 23.4 Å². The Balaban J connectivity index is 1.79. The first-order chi connectivity index (χ1) is 17.0. The molecule has 0 aliphatic heterocycles. The second-order valence-corrected chi connectivity index (χ2v) is 9.66. The van der Waals surface area contributed by atoms with Gasteiger partial charge in [-0.25, -0.2) is 9.78 Å². The zero-order chi connectivity index (χ0) is 25.5. The molecule has 1 atom stereocenters. The molecule has 35 heavy (non-hydrogen) atoms. The van der Waals surface area contributed by atoms with Crippen LogP contribution in [-0.2, 0) is 27.2 Å². The van der Waals surface area contributed by atoms with Crippen LogP contribution in [0.2, 0.25) is 0 Å². The normalized spacial score (nSPS) is 15.2. The summed E-state index contributed by atoms with van der Waals surface area (Å²) >= 11 is 0. The molecule has 3 N–H and O–H groups in total. The number of aryl methyl sites for hydroxylation is 2. The van der Waals surface area contributed by atoms with Crippen molar-refractivity contribution in [3.8, 4) is 0 Å². The third-order valence-corrected chi connectivity index (χ3v) is 6.99. The maximum absolute atomic E-state index is 12.5. The molecule has 1 amide bonds. The van der Waals surface area contributed by atoms with Crippen molar-refractivity contribution >= 4 is 17.7 Å². The molecule has 2 rings (SSSR count). The van der Waals surface area contributed by atoms with Crippen LogP contribution < -0.4 is 10.6 Å². The summed E-state index contributed by atoms with van der Waals surface area (Å²) in [5.41, 5.74) is 2.31. The number of ether oxygens (including phenoxy) is 1. The molecule has 198 valence electrons. The van der Waals surface area contributed by atoms with Crippen molar-refractivity contribution < 1.29 is 19.4 Å². The second kappa shape index (κ2) is 16.5. The number of nitrogens with zero attached hydrogens (tertiary/aromatic N) is 2. The van der Waals surface area contributed by atoms with E-state index in [2.05, 4.69) is 34.6 Å².